The number of likely N-dealkylation sites (tertiary alicyclic amines) is 1. The molecule has 1 atom stereocenters. The Morgan fingerprint density at radius 2 is 2.27 bits per heavy atom. The Hall–Kier alpha value is -2.61. The minimum atomic E-state index is -0.156. The quantitative estimate of drug-likeness (QED) is 0.754. The topological polar surface area (TPSA) is 96.5 Å². The van der Waals surface area contributed by atoms with E-state index < -0.39 is 0 Å². The first kappa shape index (κ1) is 16.8. The maximum absolute atomic E-state index is 12.7. The van der Waals surface area contributed by atoms with Gasteiger partial charge in [0.15, 0.2) is 10.8 Å². The van der Waals surface area contributed by atoms with Gasteiger partial charge in [0, 0.05) is 43.3 Å². The Kier molecular flexibility index (Phi) is 4.28. The molecule has 0 spiro atoms. The minimum Gasteiger partial charge on any atom is -0.360 e. The lowest BCUT2D eigenvalue weighted by molar-refractivity contribution is -0.132. The van der Waals surface area contributed by atoms with E-state index in [1.165, 1.54) is 10.6 Å². The van der Waals surface area contributed by atoms with Crippen molar-refractivity contribution < 1.29 is 9.32 Å². The third kappa shape index (κ3) is 3.12. The van der Waals surface area contributed by atoms with Gasteiger partial charge in [-0.15, -0.1) is 0 Å². The Labute approximate surface area is 153 Å². The molecule has 1 aliphatic rings. The van der Waals surface area contributed by atoms with Crippen LogP contribution in [-0.4, -0.2) is 37.1 Å². The summed E-state index contributed by atoms with van der Waals surface area (Å²) in [6, 6.07) is 4.87. The largest absolute Gasteiger partial charge is 0.360 e. The summed E-state index contributed by atoms with van der Waals surface area (Å²) in [6.07, 6.45) is 2.54. The van der Waals surface area contributed by atoms with E-state index in [-0.39, 0.29) is 22.7 Å². The Balaban J connectivity index is 1.53. The predicted molar refractivity (Wildman–Crippen MR) is 94.1 cm³/mol. The molecule has 0 saturated carbocycles. The maximum Gasteiger partial charge on any atom is 0.272 e. The molecule has 0 radical (unpaired) electrons. The molecule has 136 valence electrons. The van der Waals surface area contributed by atoms with Crippen molar-refractivity contribution in [1.82, 2.24) is 24.7 Å². The van der Waals surface area contributed by atoms with Crippen molar-refractivity contribution in [3.8, 4) is 0 Å². The molecule has 1 aliphatic heterocycles. The molecule has 4 rings (SSSR count). The molecule has 1 saturated heterocycles. The fourth-order valence-electron chi connectivity index (χ4n) is 3.47. The van der Waals surface area contributed by atoms with E-state index in [9.17, 15) is 9.59 Å². The number of aryl methyl sites for hydroxylation is 2. The van der Waals surface area contributed by atoms with Gasteiger partial charge in [-0.05, 0) is 19.8 Å². The van der Waals surface area contributed by atoms with Crippen molar-refractivity contribution in [3.63, 3.8) is 0 Å². The molecule has 1 unspecified atom stereocenters. The first-order valence-corrected chi connectivity index (χ1v) is 8.89. The number of nitrogens with one attached hydrogen (secondary N) is 1. The molecule has 9 heteroatoms. The summed E-state index contributed by atoms with van der Waals surface area (Å²) >= 11 is 5.73. The number of hydrogen-bond donors (Lipinski definition) is 1. The van der Waals surface area contributed by atoms with E-state index >= 15 is 0 Å². The van der Waals surface area contributed by atoms with Crippen molar-refractivity contribution in [2.75, 3.05) is 6.54 Å². The maximum atomic E-state index is 12.7. The molecule has 4 heterocycles. The normalized spacial score (nSPS) is 17.3. The lowest BCUT2D eigenvalue weighted by Crippen LogP contribution is -2.31. The van der Waals surface area contributed by atoms with E-state index in [4.69, 9.17) is 16.1 Å². The average molecular weight is 376 g/mol. The van der Waals surface area contributed by atoms with Crippen LogP contribution in [0.2, 0.25) is 5.15 Å². The van der Waals surface area contributed by atoms with Crippen molar-refractivity contribution in [1.29, 1.82) is 0 Å². The number of amides is 1. The second kappa shape index (κ2) is 6.60. The molecule has 3 aromatic heterocycles. The number of H-pyrrole nitrogens is 1. The molecule has 1 amide bonds. The molecule has 26 heavy (non-hydrogen) atoms. The molecule has 3 aromatic rings. The number of halogens is 1. The summed E-state index contributed by atoms with van der Waals surface area (Å²) in [6.45, 7) is 2.48. The fourth-order valence-corrected chi connectivity index (χ4v) is 3.62. The van der Waals surface area contributed by atoms with Crippen LogP contribution in [-0.2, 0) is 11.2 Å². The van der Waals surface area contributed by atoms with Crippen LogP contribution < -0.4 is 5.56 Å². The zero-order valence-corrected chi connectivity index (χ0v) is 15.0. The van der Waals surface area contributed by atoms with Crippen LogP contribution in [0.5, 0.6) is 0 Å². The summed E-state index contributed by atoms with van der Waals surface area (Å²) < 4.78 is 6.46. The molecule has 0 bridgehead atoms. The summed E-state index contributed by atoms with van der Waals surface area (Å²) in [5.74, 6) is 0.631. The third-order valence-electron chi connectivity index (χ3n) is 4.65. The smallest absolute Gasteiger partial charge is 0.272 e. The van der Waals surface area contributed by atoms with Gasteiger partial charge in [-0.3, -0.25) is 14.7 Å². The fraction of sp³-hybridized carbons (Fsp3) is 0.412. The Bertz CT molecular complexity index is 1020. The van der Waals surface area contributed by atoms with Gasteiger partial charge in [-0.25, -0.2) is 9.50 Å². The second-order valence-corrected chi connectivity index (χ2v) is 6.89. The average Bonchev–Trinajstić information content (AvgIpc) is 3.30. The highest BCUT2D eigenvalue weighted by atomic mass is 35.5. The molecule has 0 aliphatic carbocycles. The summed E-state index contributed by atoms with van der Waals surface area (Å²) in [5.41, 5.74) is 1.91. The SMILES string of the molecule is Cc1cc(=O)n2[nH]c(C3CCCN3C(=O)CCc3cc(Cl)no3)cc2n1. The van der Waals surface area contributed by atoms with Crippen LogP contribution >= 0.6 is 11.6 Å². The molecule has 1 N–H and O–H groups in total. The summed E-state index contributed by atoms with van der Waals surface area (Å²) in [5, 5.41) is 7.00. The zero-order chi connectivity index (χ0) is 18.3. The van der Waals surface area contributed by atoms with Crippen LogP contribution in [0.15, 0.2) is 27.5 Å². The van der Waals surface area contributed by atoms with Gasteiger partial charge in [0.2, 0.25) is 5.91 Å². The van der Waals surface area contributed by atoms with Gasteiger partial charge in [0.25, 0.3) is 5.56 Å². The molecular weight excluding hydrogens is 358 g/mol. The Morgan fingerprint density at radius 3 is 3.04 bits per heavy atom. The minimum absolute atomic E-state index is 0.0372. The van der Waals surface area contributed by atoms with Gasteiger partial charge in [0.05, 0.1) is 11.7 Å². The van der Waals surface area contributed by atoms with E-state index in [1.807, 2.05) is 11.0 Å². The molecule has 0 aromatic carbocycles. The standard InChI is InChI=1S/C17H18ClN5O3/c1-10-7-17(25)23-15(19-10)9-12(20-23)13-3-2-6-22(13)16(24)5-4-11-8-14(18)21-26-11/h7-9,13,20H,2-6H2,1H3. The van der Waals surface area contributed by atoms with Gasteiger partial charge < -0.3 is 9.42 Å². The number of carbonyl (C=O) groups is 1. The lowest BCUT2D eigenvalue weighted by atomic mass is 10.1. The number of fused-ring (bicyclic) bond motifs is 1. The van der Waals surface area contributed by atoms with Crippen molar-refractivity contribution in [2.24, 2.45) is 0 Å². The number of rotatable bonds is 4. The van der Waals surface area contributed by atoms with Gasteiger partial charge in [-0.1, -0.05) is 16.8 Å². The summed E-state index contributed by atoms with van der Waals surface area (Å²) in [7, 11) is 0. The number of nitrogens with zero attached hydrogens (tertiary/aromatic N) is 4. The number of aromatic amines is 1. The van der Waals surface area contributed by atoms with Crippen molar-refractivity contribution in [3.05, 3.63) is 50.9 Å². The van der Waals surface area contributed by atoms with Gasteiger partial charge >= 0.3 is 0 Å². The van der Waals surface area contributed by atoms with E-state index in [2.05, 4.69) is 15.2 Å². The van der Waals surface area contributed by atoms with Crippen molar-refractivity contribution in [2.45, 2.75) is 38.6 Å². The predicted octanol–water partition coefficient (Wildman–Crippen LogP) is 2.27. The van der Waals surface area contributed by atoms with Crippen LogP contribution in [0.1, 0.15) is 42.5 Å². The molecule has 1 fully saturated rings. The van der Waals surface area contributed by atoms with Gasteiger partial charge in [-0.2, -0.15) is 0 Å². The highest BCUT2D eigenvalue weighted by molar-refractivity contribution is 6.29. The number of hydrogen-bond acceptors (Lipinski definition) is 5. The number of aromatic nitrogens is 4. The highest BCUT2D eigenvalue weighted by Crippen LogP contribution is 2.32. The number of carbonyl (C=O) groups excluding carboxylic acids is 1. The van der Waals surface area contributed by atoms with Gasteiger partial charge in [0.1, 0.15) is 5.76 Å². The van der Waals surface area contributed by atoms with Crippen LogP contribution in [0.3, 0.4) is 0 Å². The first-order chi connectivity index (χ1) is 12.5. The molecule has 8 nitrogen and oxygen atoms in total. The highest BCUT2D eigenvalue weighted by Gasteiger charge is 2.31. The van der Waals surface area contributed by atoms with E-state index in [0.717, 1.165) is 18.5 Å². The zero-order valence-electron chi connectivity index (χ0n) is 14.2. The van der Waals surface area contributed by atoms with E-state index in [0.29, 0.717) is 36.5 Å². The third-order valence-corrected chi connectivity index (χ3v) is 4.82. The first-order valence-electron chi connectivity index (χ1n) is 8.51. The monoisotopic (exact) mass is 375 g/mol. The molecular formula is C17H18ClN5O3. The van der Waals surface area contributed by atoms with Crippen LogP contribution in [0.25, 0.3) is 5.65 Å². The summed E-state index contributed by atoms with van der Waals surface area (Å²) in [4.78, 5) is 31.0. The van der Waals surface area contributed by atoms with Crippen molar-refractivity contribution >= 4 is 23.2 Å². The van der Waals surface area contributed by atoms with Crippen LogP contribution in [0.4, 0.5) is 0 Å². The Morgan fingerprint density at radius 1 is 1.42 bits per heavy atom. The van der Waals surface area contributed by atoms with Crippen LogP contribution in [0, 0.1) is 6.92 Å². The second-order valence-electron chi connectivity index (χ2n) is 6.50. The lowest BCUT2D eigenvalue weighted by Gasteiger charge is -2.23. The van der Waals surface area contributed by atoms with E-state index in [1.54, 1.807) is 13.0 Å².